The second-order valence-electron chi connectivity index (χ2n) is 3.53. The summed E-state index contributed by atoms with van der Waals surface area (Å²) in [6.07, 6.45) is 12.5. The Balaban J connectivity index is 5.09. The van der Waals surface area contributed by atoms with E-state index in [-0.39, 0.29) is 0 Å². The van der Waals surface area contributed by atoms with E-state index >= 15 is 0 Å². The van der Waals surface area contributed by atoms with Crippen LogP contribution in [0.1, 0.15) is 34.1 Å². The zero-order valence-electron chi connectivity index (χ0n) is 11.3. The Kier molecular flexibility index (Phi) is 8.57. The van der Waals surface area contributed by atoms with Crippen molar-refractivity contribution in [2.75, 3.05) is 0 Å². The van der Waals surface area contributed by atoms with E-state index in [9.17, 15) is 0 Å². The number of hydrogen-bond donors (Lipinski definition) is 0. The molecule has 0 aromatic rings. The molecule has 0 fully saturated rings. The number of hydrogen-bond acceptors (Lipinski definition) is 2. The first-order valence-corrected chi connectivity index (χ1v) is 5.89. The quantitative estimate of drug-likeness (QED) is 0.434. The Bertz CT molecular complexity index is 380. The maximum Gasteiger partial charge on any atom is 0.0886 e. The summed E-state index contributed by atoms with van der Waals surface area (Å²) in [5.74, 6) is 0. The van der Waals surface area contributed by atoms with Crippen LogP contribution in [-0.2, 0) is 0 Å². The van der Waals surface area contributed by atoms with Crippen LogP contribution in [0.4, 0.5) is 0 Å². The largest absolute Gasteiger partial charge is 0.159 e. The fourth-order valence-corrected chi connectivity index (χ4v) is 1.31. The van der Waals surface area contributed by atoms with Crippen LogP contribution in [0.25, 0.3) is 0 Å². The van der Waals surface area contributed by atoms with Crippen LogP contribution >= 0.6 is 0 Å². The lowest BCUT2D eigenvalue weighted by Crippen LogP contribution is -1.83. The fraction of sp³-hybridized carbons (Fsp3) is 0.333. The molecule has 0 saturated heterocycles. The molecule has 0 saturated carbocycles. The summed E-state index contributed by atoms with van der Waals surface area (Å²) in [7, 11) is 0. The molecular weight excluding hydrogens is 208 g/mol. The van der Waals surface area contributed by atoms with Crippen molar-refractivity contribution in [3.63, 3.8) is 0 Å². The van der Waals surface area contributed by atoms with Gasteiger partial charge < -0.3 is 0 Å². The molecule has 17 heavy (non-hydrogen) atoms. The minimum absolute atomic E-state index is 0.835. The summed E-state index contributed by atoms with van der Waals surface area (Å²) in [4.78, 5) is 0. The highest BCUT2D eigenvalue weighted by Gasteiger charge is 1.98. The van der Waals surface area contributed by atoms with Crippen LogP contribution in [0.2, 0.25) is 0 Å². The molecule has 0 heterocycles. The maximum atomic E-state index is 4.15. The van der Waals surface area contributed by atoms with Gasteiger partial charge in [-0.1, -0.05) is 49.5 Å². The first kappa shape index (κ1) is 15.3. The van der Waals surface area contributed by atoms with Crippen LogP contribution in [0.15, 0.2) is 70.2 Å². The van der Waals surface area contributed by atoms with Gasteiger partial charge in [0, 0.05) is 11.8 Å². The van der Waals surface area contributed by atoms with Crippen LogP contribution in [0, 0.1) is 0 Å². The lowest BCUT2D eigenvalue weighted by molar-refractivity contribution is 1.13. The van der Waals surface area contributed by atoms with E-state index in [1.165, 1.54) is 5.57 Å². The molecule has 0 aromatic heterocycles. The SMILES string of the molecule is C=CC(=C/C(C)=C\CC)/C(=C\C)/N=N/C=C\C. The Morgan fingerprint density at radius 2 is 2.00 bits per heavy atom. The van der Waals surface area contributed by atoms with Crippen molar-refractivity contribution in [2.24, 2.45) is 10.2 Å². The second-order valence-corrected chi connectivity index (χ2v) is 3.53. The third-order valence-corrected chi connectivity index (χ3v) is 2.08. The minimum atomic E-state index is 0.835. The van der Waals surface area contributed by atoms with Gasteiger partial charge in [0.25, 0.3) is 0 Å². The number of azo groups is 1. The van der Waals surface area contributed by atoms with Gasteiger partial charge in [-0.25, -0.2) is 0 Å². The van der Waals surface area contributed by atoms with Gasteiger partial charge in [-0.05, 0) is 27.2 Å². The molecule has 2 nitrogen and oxygen atoms in total. The second kappa shape index (κ2) is 9.52. The van der Waals surface area contributed by atoms with Crippen LogP contribution in [-0.4, -0.2) is 0 Å². The molecule has 0 aliphatic carbocycles. The van der Waals surface area contributed by atoms with Crippen LogP contribution in [0.5, 0.6) is 0 Å². The number of nitrogens with zero attached hydrogens (tertiary/aromatic N) is 2. The number of rotatable bonds is 6. The molecule has 0 aliphatic rings. The van der Waals surface area contributed by atoms with E-state index in [1.54, 1.807) is 12.3 Å². The van der Waals surface area contributed by atoms with E-state index in [4.69, 9.17) is 0 Å². The monoisotopic (exact) mass is 230 g/mol. The molecule has 0 spiro atoms. The topological polar surface area (TPSA) is 24.7 Å². The van der Waals surface area contributed by atoms with Gasteiger partial charge in [0.15, 0.2) is 0 Å². The third kappa shape index (κ3) is 6.46. The van der Waals surface area contributed by atoms with Gasteiger partial charge in [-0.15, -0.1) is 0 Å². The predicted octanol–water partition coefficient (Wildman–Crippen LogP) is 5.34. The first-order chi connectivity index (χ1) is 8.19. The first-order valence-electron chi connectivity index (χ1n) is 5.89. The van der Waals surface area contributed by atoms with Crippen molar-refractivity contribution in [3.8, 4) is 0 Å². The normalized spacial score (nSPS) is 14.9. The van der Waals surface area contributed by atoms with Crippen LogP contribution in [0.3, 0.4) is 0 Å². The highest BCUT2D eigenvalue weighted by atomic mass is 15.1. The van der Waals surface area contributed by atoms with E-state index < -0.39 is 0 Å². The van der Waals surface area contributed by atoms with E-state index in [1.807, 2.05) is 26.0 Å². The Hall–Kier alpha value is -1.70. The molecule has 0 aromatic carbocycles. The Morgan fingerprint density at radius 1 is 1.29 bits per heavy atom. The Morgan fingerprint density at radius 3 is 2.47 bits per heavy atom. The van der Waals surface area contributed by atoms with E-state index in [0.29, 0.717) is 0 Å². The predicted molar refractivity (Wildman–Crippen MR) is 75.8 cm³/mol. The molecule has 0 aliphatic heterocycles. The van der Waals surface area contributed by atoms with Crippen molar-refractivity contribution in [3.05, 3.63) is 60.0 Å². The smallest absolute Gasteiger partial charge is 0.0886 e. The average molecular weight is 230 g/mol. The van der Waals surface area contributed by atoms with Gasteiger partial charge in [0.1, 0.15) is 0 Å². The van der Waals surface area contributed by atoms with Gasteiger partial charge in [0.05, 0.1) is 5.70 Å². The average Bonchev–Trinajstić information content (AvgIpc) is 2.33. The summed E-state index contributed by atoms with van der Waals surface area (Å²) in [6, 6.07) is 0. The van der Waals surface area contributed by atoms with Gasteiger partial charge in [-0.2, -0.15) is 10.2 Å². The Labute approximate surface area is 105 Å². The molecule has 0 bridgehead atoms. The maximum absolute atomic E-state index is 4.15. The summed E-state index contributed by atoms with van der Waals surface area (Å²) in [5.41, 5.74) is 3.04. The summed E-state index contributed by atoms with van der Waals surface area (Å²) in [5, 5.41) is 8.10. The van der Waals surface area contributed by atoms with Crippen molar-refractivity contribution in [1.29, 1.82) is 0 Å². The molecule has 2 heteroatoms. The zero-order valence-corrected chi connectivity index (χ0v) is 11.3. The molecular formula is C15H22N2. The van der Waals surface area contributed by atoms with E-state index in [2.05, 4.69) is 42.8 Å². The lowest BCUT2D eigenvalue weighted by atomic mass is 10.1. The molecule has 0 unspecified atom stereocenters. The lowest BCUT2D eigenvalue weighted by Gasteiger charge is -2.01. The summed E-state index contributed by atoms with van der Waals surface area (Å²) >= 11 is 0. The molecule has 0 amide bonds. The minimum Gasteiger partial charge on any atom is -0.159 e. The molecule has 0 rings (SSSR count). The summed E-state index contributed by atoms with van der Waals surface area (Å²) in [6.45, 7) is 11.9. The molecule has 0 N–H and O–H groups in total. The summed E-state index contributed by atoms with van der Waals surface area (Å²) < 4.78 is 0. The van der Waals surface area contributed by atoms with Crippen molar-refractivity contribution >= 4 is 0 Å². The fourth-order valence-electron chi connectivity index (χ4n) is 1.31. The van der Waals surface area contributed by atoms with Gasteiger partial charge >= 0.3 is 0 Å². The van der Waals surface area contributed by atoms with Gasteiger partial charge in [-0.3, -0.25) is 0 Å². The highest BCUT2D eigenvalue weighted by Crippen LogP contribution is 2.16. The zero-order chi connectivity index (χ0) is 13.1. The van der Waals surface area contributed by atoms with Crippen molar-refractivity contribution in [1.82, 2.24) is 0 Å². The third-order valence-electron chi connectivity index (χ3n) is 2.08. The standard InChI is InChI=1S/C15H22N2/c1-6-10-13(5)12-14(8-3)15(9-4)17-16-11-7-2/h7-12H,3,6H2,1-2,4-5H3/b11-7-,13-10-,14-12-,15-9+,17-16+. The van der Waals surface area contributed by atoms with Crippen molar-refractivity contribution < 1.29 is 0 Å². The highest BCUT2D eigenvalue weighted by molar-refractivity contribution is 5.42. The van der Waals surface area contributed by atoms with Crippen LogP contribution < -0.4 is 0 Å². The van der Waals surface area contributed by atoms with E-state index in [0.717, 1.165) is 17.7 Å². The van der Waals surface area contributed by atoms with Crippen molar-refractivity contribution in [2.45, 2.75) is 34.1 Å². The molecule has 0 radical (unpaired) electrons. The number of allylic oxidation sites excluding steroid dienone is 6. The molecule has 0 atom stereocenters. The molecule has 92 valence electrons. The van der Waals surface area contributed by atoms with Gasteiger partial charge in [0.2, 0.25) is 0 Å².